The van der Waals surface area contributed by atoms with E-state index in [0.717, 1.165) is 5.69 Å². The quantitative estimate of drug-likeness (QED) is 0.647. The number of carbonyl (C=O) groups is 2. The van der Waals surface area contributed by atoms with Crippen molar-refractivity contribution < 1.29 is 14.7 Å². The Hall–Kier alpha value is -3.20. The number of aliphatic hydroxyl groups is 1. The van der Waals surface area contributed by atoms with E-state index in [1.165, 1.54) is 0 Å². The van der Waals surface area contributed by atoms with Crippen molar-refractivity contribution in [3.05, 3.63) is 58.0 Å². The molecule has 0 saturated carbocycles. The van der Waals surface area contributed by atoms with Crippen molar-refractivity contribution in [3.63, 3.8) is 0 Å². The number of aliphatic hydroxyl groups excluding tert-OH is 1. The van der Waals surface area contributed by atoms with Crippen LogP contribution < -0.4 is 10.9 Å². The van der Waals surface area contributed by atoms with E-state index in [1.807, 2.05) is 36.9 Å². The number of hydrogen-bond acceptors (Lipinski definition) is 5. The molecule has 2 N–H and O–H groups in total. The maximum absolute atomic E-state index is 13.4. The third kappa shape index (κ3) is 4.01. The number of aromatic nitrogens is 3. The molecule has 4 heterocycles. The SMILES string of the molecule is C/C=C/c1ccc2n(c1=O)C[C@@H]1[C@@H](CO)[C@H](C(=O)NCCc3cn(C)cn3)[C@H]2N1C(=O)CC. The molecule has 9 nitrogen and oxygen atoms in total. The lowest BCUT2D eigenvalue weighted by atomic mass is 9.86. The number of amides is 2. The first-order valence-corrected chi connectivity index (χ1v) is 11.4. The molecule has 2 aliphatic heterocycles. The number of aryl methyl sites for hydroxylation is 1. The van der Waals surface area contributed by atoms with Crippen molar-refractivity contribution in [2.24, 2.45) is 18.9 Å². The fourth-order valence-corrected chi connectivity index (χ4v) is 5.28. The summed E-state index contributed by atoms with van der Waals surface area (Å²) in [6, 6.07) is 2.58. The van der Waals surface area contributed by atoms with Crippen LogP contribution in [-0.2, 0) is 29.6 Å². The van der Waals surface area contributed by atoms with E-state index in [2.05, 4.69) is 10.3 Å². The van der Waals surface area contributed by atoms with Crippen molar-refractivity contribution in [2.45, 2.75) is 45.3 Å². The molecule has 0 aliphatic carbocycles. The molecule has 33 heavy (non-hydrogen) atoms. The number of imidazole rings is 1. The molecule has 2 aromatic heterocycles. The van der Waals surface area contributed by atoms with Crippen LogP contribution in [0.1, 0.15) is 43.3 Å². The van der Waals surface area contributed by atoms with E-state index < -0.39 is 23.9 Å². The standard InChI is InChI=1S/C24H31N5O4/c1-4-6-15-7-8-18-22-21(23(32)25-10-9-16-11-27(3)14-26-16)17(13-30)19(12-28(18)24(15)33)29(22)20(31)5-2/h4,6-8,11,14,17,19,21-22,30H,5,9-10,12-13H2,1-3H3,(H,25,32)/b6-4+/t17-,19-,21+,22+/m1/s1. The molecular weight excluding hydrogens is 422 g/mol. The first kappa shape index (κ1) is 23.0. The van der Waals surface area contributed by atoms with E-state index >= 15 is 0 Å². The lowest BCUT2D eigenvalue weighted by Gasteiger charge is -2.38. The van der Waals surface area contributed by atoms with Crippen LogP contribution in [0.5, 0.6) is 0 Å². The van der Waals surface area contributed by atoms with Gasteiger partial charge in [0, 0.05) is 63.0 Å². The maximum atomic E-state index is 13.4. The van der Waals surface area contributed by atoms with Crippen LogP contribution in [0.2, 0.25) is 0 Å². The van der Waals surface area contributed by atoms with E-state index in [-0.39, 0.29) is 30.5 Å². The number of nitrogens with one attached hydrogen (secondary N) is 1. The second-order valence-electron chi connectivity index (χ2n) is 8.74. The zero-order valence-corrected chi connectivity index (χ0v) is 19.3. The van der Waals surface area contributed by atoms with Gasteiger partial charge in [0.1, 0.15) is 0 Å². The van der Waals surface area contributed by atoms with Gasteiger partial charge in [0.25, 0.3) is 5.56 Å². The second-order valence-corrected chi connectivity index (χ2v) is 8.74. The summed E-state index contributed by atoms with van der Waals surface area (Å²) in [6.45, 7) is 4.06. The lowest BCUT2D eigenvalue weighted by Crippen LogP contribution is -2.49. The van der Waals surface area contributed by atoms with Crippen molar-refractivity contribution >= 4 is 17.9 Å². The van der Waals surface area contributed by atoms with Crippen molar-refractivity contribution in [2.75, 3.05) is 13.2 Å². The van der Waals surface area contributed by atoms with Gasteiger partial charge in [0.2, 0.25) is 11.8 Å². The van der Waals surface area contributed by atoms with Crippen LogP contribution in [0.3, 0.4) is 0 Å². The van der Waals surface area contributed by atoms with Crippen LogP contribution in [0, 0.1) is 11.8 Å². The number of carbonyl (C=O) groups excluding carboxylic acids is 2. The van der Waals surface area contributed by atoms with Crippen molar-refractivity contribution in [3.8, 4) is 0 Å². The topological polar surface area (TPSA) is 109 Å². The van der Waals surface area contributed by atoms with Gasteiger partial charge in [-0.05, 0) is 19.1 Å². The zero-order chi connectivity index (χ0) is 23.7. The fourth-order valence-electron chi connectivity index (χ4n) is 5.28. The average Bonchev–Trinajstić information content (AvgIpc) is 3.32. The highest BCUT2D eigenvalue weighted by Crippen LogP contribution is 2.48. The Kier molecular flexibility index (Phi) is 6.51. The molecule has 4 atom stereocenters. The minimum Gasteiger partial charge on any atom is -0.396 e. The number of allylic oxidation sites excluding steroid dienone is 1. The van der Waals surface area contributed by atoms with Crippen LogP contribution in [0.4, 0.5) is 0 Å². The minimum atomic E-state index is -0.639. The summed E-state index contributed by atoms with van der Waals surface area (Å²) in [7, 11) is 1.89. The fraction of sp³-hybridized carbons (Fsp3) is 0.500. The molecule has 0 unspecified atom stereocenters. The van der Waals surface area contributed by atoms with Gasteiger partial charge in [0.15, 0.2) is 0 Å². The zero-order valence-electron chi connectivity index (χ0n) is 19.3. The summed E-state index contributed by atoms with van der Waals surface area (Å²) in [4.78, 5) is 45.4. The highest BCUT2D eigenvalue weighted by molar-refractivity contribution is 5.84. The summed E-state index contributed by atoms with van der Waals surface area (Å²) in [5.41, 5.74) is 1.94. The number of hydrogen-bond donors (Lipinski definition) is 2. The molecule has 1 fully saturated rings. The van der Waals surface area contributed by atoms with Gasteiger partial charge in [-0.3, -0.25) is 14.4 Å². The minimum absolute atomic E-state index is 0.0801. The Labute approximate surface area is 192 Å². The molecule has 2 aromatic rings. The van der Waals surface area contributed by atoms with Crippen molar-refractivity contribution in [1.29, 1.82) is 0 Å². The van der Waals surface area contributed by atoms with Crippen LogP contribution in [0.15, 0.2) is 35.5 Å². The molecule has 4 rings (SSSR count). The summed E-state index contributed by atoms with van der Waals surface area (Å²) < 4.78 is 3.53. The molecule has 9 heteroatoms. The number of nitrogens with zero attached hydrogens (tertiary/aromatic N) is 4. The summed E-state index contributed by atoms with van der Waals surface area (Å²) in [5.74, 6) is -1.39. The summed E-state index contributed by atoms with van der Waals surface area (Å²) >= 11 is 0. The Morgan fingerprint density at radius 1 is 1.33 bits per heavy atom. The van der Waals surface area contributed by atoms with Gasteiger partial charge >= 0.3 is 0 Å². The van der Waals surface area contributed by atoms with Crippen LogP contribution >= 0.6 is 0 Å². The molecule has 0 aromatic carbocycles. The van der Waals surface area contributed by atoms with Gasteiger partial charge in [-0.15, -0.1) is 0 Å². The van der Waals surface area contributed by atoms with Crippen LogP contribution in [0.25, 0.3) is 6.08 Å². The normalized spacial score (nSPS) is 23.7. The lowest BCUT2D eigenvalue weighted by molar-refractivity contribution is -0.136. The molecule has 2 amide bonds. The Morgan fingerprint density at radius 2 is 2.12 bits per heavy atom. The Bertz CT molecular complexity index is 1130. The highest BCUT2D eigenvalue weighted by atomic mass is 16.3. The largest absolute Gasteiger partial charge is 0.396 e. The van der Waals surface area contributed by atoms with Crippen molar-refractivity contribution in [1.82, 2.24) is 24.3 Å². The summed E-state index contributed by atoms with van der Waals surface area (Å²) in [6.07, 6.45) is 8.05. The van der Waals surface area contributed by atoms with E-state index in [0.29, 0.717) is 30.6 Å². The monoisotopic (exact) mass is 453 g/mol. The summed E-state index contributed by atoms with van der Waals surface area (Å²) in [5, 5.41) is 13.2. The van der Waals surface area contributed by atoms with E-state index in [1.54, 1.807) is 34.9 Å². The molecule has 0 radical (unpaired) electrons. The third-order valence-electron chi connectivity index (χ3n) is 6.75. The molecule has 176 valence electrons. The van der Waals surface area contributed by atoms with Gasteiger partial charge in [-0.2, -0.15) is 0 Å². The predicted octanol–water partition coefficient (Wildman–Crippen LogP) is 0.874. The third-order valence-corrected chi connectivity index (χ3v) is 6.75. The van der Waals surface area contributed by atoms with Gasteiger partial charge < -0.3 is 24.5 Å². The predicted molar refractivity (Wildman–Crippen MR) is 123 cm³/mol. The molecule has 2 bridgehead atoms. The molecule has 2 aliphatic rings. The van der Waals surface area contributed by atoms with Gasteiger partial charge in [0.05, 0.1) is 30.0 Å². The molecule has 1 saturated heterocycles. The average molecular weight is 454 g/mol. The Balaban J connectivity index is 1.67. The van der Waals surface area contributed by atoms with E-state index in [9.17, 15) is 19.5 Å². The number of rotatable bonds is 7. The highest BCUT2D eigenvalue weighted by Gasteiger charge is 2.57. The first-order chi connectivity index (χ1) is 15.9. The number of fused-ring (bicyclic) bond motifs is 4. The molecule has 0 spiro atoms. The Morgan fingerprint density at radius 3 is 2.76 bits per heavy atom. The second kappa shape index (κ2) is 9.35. The van der Waals surface area contributed by atoms with E-state index in [4.69, 9.17) is 0 Å². The maximum Gasteiger partial charge on any atom is 0.258 e. The van der Waals surface area contributed by atoms with Gasteiger partial charge in [-0.1, -0.05) is 19.1 Å². The van der Waals surface area contributed by atoms with Gasteiger partial charge in [-0.25, -0.2) is 4.98 Å². The first-order valence-electron chi connectivity index (χ1n) is 11.4. The number of pyridine rings is 1. The molecular formula is C24H31N5O4. The van der Waals surface area contributed by atoms with Crippen LogP contribution in [-0.4, -0.2) is 55.1 Å². The smallest absolute Gasteiger partial charge is 0.258 e.